The predicted molar refractivity (Wildman–Crippen MR) is 102 cm³/mol. The number of hydrogen-bond donors (Lipinski definition) is 2. The first kappa shape index (κ1) is 20.7. The summed E-state index contributed by atoms with van der Waals surface area (Å²) in [4.78, 5) is 20.3. The van der Waals surface area contributed by atoms with Gasteiger partial charge in [0.1, 0.15) is 0 Å². The van der Waals surface area contributed by atoms with Crippen molar-refractivity contribution in [3.05, 3.63) is 29.1 Å². The lowest BCUT2D eigenvalue weighted by Crippen LogP contribution is -2.30. The molecule has 1 heterocycles. The normalized spacial score (nSPS) is 11.8. The van der Waals surface area contributed by atoms with Crippen molar-refractivity contribution in [2.75, 3.05) is 5.32 Å². The molecule has 0 radical (unpaired) electrons. The summed E-state index contributed by atoms with van der Waals surface area (Å²) in [6.07, 6.45) is -0.0212. The van der Waals surface area contributed by atoms with Crippen LogP contribution in [-0.4, -0.2) is 26.2 Å². The van der Waals surface area contributed by atoms with E-state index in [0.29, 0.717) is 11.6 Å². The minimum atomic E-state index is -1.09. The van der Waals surface area contributed by atoms with E-state index >= 15 is 0 Å². The smallest absolute Gasteiger partial charge is 0.229 e. The molecule has 0 saturated carbocycles. The number of carbonyl (C=O) groups excluding carboxylic acids is 1. The molecule has 1 aromatic heterocycles. The van der Waals surface area contributed by atoms with E-state index in [2.05, 4.69) is 15.1 Å². The number of rotatable bonds is 3. The number of amides is 1. The molecule has 0 aliphatic carbocycles. The van der Waals surface area contributed by atoms with Crippen LogP contribution in [0.5, 0.6) is 0 Å². The van der Waals surface area contributed by atoms with Crippen LogP contribution in [-0.2, 0) is 10.3 Å². The first-order valence-electron chi connectivity index (χ1n) is 7.85. The third-order valence-electron chi connectivity index (χ3n) is 3.61. The Kier molecular flexibility index (Phi) is 5.66. The molecule has 0 aliphatic heterocycles. The molecule has 1 aromatic carbocycles. The first-order valence-corrected chi connectivity index (χ1v) is 7.85. The van der Waals surface area contributed by atoms with Crippen LogP contribution in [0.1, 0.15) is 54.0 Å². The maximum atomic E-state index is 12.2. The summed E-state index contributed by atoms with van der Waals surface area (Å²) in [6.45, 7) is 18.4. The van der Waals surface area contributed by atoms with Crippen LogP contribution in [0, 0.1) is 13.5 Å². The Morgan fingerprint density at radius 3 is 2.40 bits per heavy atom. The molecule has 1 amide bonds. The molecule has 0 bridgehead atoms. The van der Waals surface area contributed by atoms with Gasteiger partial charge >= 0.3 is 0 Å². The number of nitrogens with one attached hydrogen (secondary N) is 1. The number of carbonyl (C=O) groups is 1. The van der Waals surface area contributed by atoms with Crippen LogP contribution in [0.15, 0.2) is 12.1 Å². The lowest BCUT2D eigenvalue weighted by molar-refractivity contribution is -0.119. The maximum absolute atomic E-state index is 12.2. The molecule has 0 fully saturated rings. The molecule has 6 nitrogen and oxygen atoms in total. The van der Waals surface area contributed by atoms with E-state index in [1.54, 1.807) is 13.8 Å². The summed E-state index contributed by atoms with van der Waals surface area (Å²) in [7, 11) is 0. The molecule has 136 valence electrons. The Balaban J connectivity index is 0.00000312. The molecule has 6 heteroatoms. The molecule has 2 aromatic rings. The number of aromatic nitrogens is 2. The second kappa shape index (κ2) is 6.85. The van der Waals surface area contributed by atoms with Gasteiger partial charge in [0.2, 0.25) is 11.9 Å². The van der Waals surface area contributed by atoms with Gasteiger partial charge in [-0.1, -0.05) is 7.43 Å². The fourth-order valence-electron chi connectivity index (χ4n) is 2.66. The molecule has 0 unspecified atom stereocenters. The number of aliphatic hydroxyl groups is 1. The molecular weight excluding hydrogens is 316 g/mol. The van der Waals surface area contributed by atoms with Gasteiger partial charge in [-0.15, -0.1) is 0 Å². The highest BCUT2D eigenvalue weighted by molar-refractivity contribution is 5.93. The number of benzene rings is 1. The number of nitrogens with zero attached hydrogens (tertiary/aromatic N) is 3. The van der Waals surface area contributed by atoms with Crippen molar-refractivity contribution in [3.8, 4) is 0 Å². The Morgan fingerprint density at radius 1 is 1.32 bits per heavy atom. The van der Waals surface area contributed by atoms with E-state index < -0.39 is 5.60 Å². The zero-order valence-electron chi connectivity index (χ0n) is 15.1. The summed E-state index contributed by atoms with van der Waals surface area (Å²) in [5, 5.41) is 12.6. The van der Waals surface area contributed by atoms with E-state index in [0.717, 1.165) is 16.6 Å². The fraction of sp³-hybridized carbons (Fsp3) is 0.526. The lowest BCUT2D eigenvalue weighted by Gasteiger charge is -2.25. The highest BCUT2D eigenvalue weighted by Gasteiger charge is 2.25. The first-order chi connectivity index (χ1) is 10.9. The van der Waals surface area contributed by atoms with Gasteiger partial charge < -0.3 is 9.67 Å². The largest absolute Gasteiger partial charge is 0.390 e. The van der Waals surface area contributed by atoms with Crippen molar-refractivity contribution in [3.63, 3.8) is 0 Å². The second-order valence-corrected chi connectivity index (χ2v) is 7.72. The zero-order valence-corrected chi connectivity index (χ0v) is 15.1. The molecular formula is C19H28N4O2. The van der Waals surface area contributed by atoms with Crippen LogP contribution < -0.4 is 5.32 Å². The second-order valence-electron chi connectivity index (χ2n) is 7.72. The average Bonchev–Trinajstić information content (AvgIpc) is 2.71. The van der Waals surface area contributed by atoms with Gasteiger partial charge in [0.05, 0.1) is 29.6 Å². The van der Waals surface area contributed by atoms with Gasteiger partial charge in [-0.25, -0.2) is 9.83 Å². The third-order valence-corrected chi connectivity index (χ3v) is 3.61. The maximum Gasteiger partial charge on any atom is 0.229 e. The van der Waals surface area contributed by atoms with Crippen LogP contribution in [0.3, 0.4) is 0 Å². The SMILES string of the molecule is C.[C-]#[N+]c1cc2c(cc1C)nc(NC(=O)CC(C)(C)O)n2C(C)(C)C. The van der Waals surface area contributed by atoms with E-state index in [4.69, 9.17) is 6.57 Å². The van der Waals surface area contributed by atoms with Gasteiger partial charge in [0, 0.05) is 5.54 Å². The number of aryl methyl sites for hydroxylation is 1. The van der Waals surface area contributed by atoms with E-state index in [1.807, 2.05) is 44.4 Å². The standard InChI is InChI=1S/C18H24N4O2.CH4/c1-11-8-13-14(9-12(11)19-7)22(17(2,3)4)16(20-13)21-15(23)10-18(5,6)24;/h8-9,24H,10H2,1-6H3,(H,20,21,23);1H4. The summed E-state index contributed by atoms with van der Waals surface area (Å²) in [5.74, 6) is 0.124. The van der Waals surface area contributed by atoms with Gasteiger partial charge in [-0.2, -0.15) is 0 Å². The van der Waals surface area contributed by atoms with Gasteiger partial charge in [0.15, 0.2) is 5.69 Å². The van der Waals surface area contributed by atoms with Crippen molar-refractivity contribution >= 4 is 28.6 Å². The minimum absolute atomic E-state index is 0. The van der Waals surface area contributed by atoms with Crippen molar-refractivity contribution in [2.24, 2.45) is 0 Å². The van der Waals surface area contributed by atoms with Crippen molar-refractivity contribution in [2.45, 2.75) is 66.5 Å². The third kappa shape index (κ3) is 4.58. The van der Waals surface area contributed by atoms with Gasteiger partial charge in [-0.05, 0) is 59.2 Å². The van der Waals surface area contributed by atoms with E-state index in [1.165, 1.54) is 0 Å². The lowest BCUT2D eigenvalue weighted by atomic mass is 10.1. The van der Waals surface area contributed by atoms with Gasteiger partial charge in [0.25, 0.3) is 0 Å². The molecule has 2 N–H and O–H groups in total. The van der Waals surface area contributed by atoms with Crippen LogP contribution in [0.2, 0.25) is 0 Å². The molecule has 25 heavy (non-hydrogen) atoms. The van der Waals surface area contributed by atoms with Gasteiger partial charge in [-0.3, -0.25) is 10.1 Å². The van der Waals surface area contributed by atoms with Crippen LogP contribution >= 0.6 is 0 Å². The summed E-state index contributed by atoms with van der Waals surface area (Å²) < 4.78 is 1.92. The summed E-state index contributed by atoms with van der Waals surface area (Å²) in [6, 6.07) is 3.66. The number of fused-ring (bicyclic) bond motifs is 1. The monoisotopic (exact) mass is 344 g/mol. The van der Waals surface area contributed by atoms with E-state index in [-0.39, 0.29) is 25.3 Å². The topological polar surface area (TPSA) is 71.5 Å². The molecule has 0 saturated heterocycles. The number of anilines is 1. The summed E-state index contributed by atoms with van der Waals surface area (Å²) in [5.41, 5.74) is 1.54. The minimum Gasteiger partial charge on any atom is -0.390 e. The number of hydrogen-bond acceptors (Lipinski definition) is 3. The molecule has 2 rings (SSSR count). The molecule has 0 aliphatic rings. The van der Waals surface area contributed by atoms with Crippen LogP contribution in [0.25, 0.3) is 15.9 Å². The Hall–Kier alpha value is -2.39. The highest BCUT2D eigenvalue weighted by Crippen LogP contribution is 2.32. The fourth-order valence-corrected chi connectivity index (χ4v) is 2.66. The Labute approximate surface area is 149 Å². The Morgan fingerprint density at radius 2 is 1.92 bits per heavy atom. The van der Waals surface area contributed by atoms with Crippen LogP contribution in [0.4, 0.5) is 11.6 Å². The van der Waals surface area contributed by atoms with Crippen molar-refractivity contribution in [1.82, 2.24) is 9.55 Å². The molecule has 0 spiro atoms. The van der Waals surface area contributed by atoms with Crippen molar-refractivity contribution in [1.29, 1.82) is 0 Å². The Bertz CT molecular complexity index is 830. The zero-order chi connectivity index (χ0) is 18.3. The van der Waals surface area contributed by atoms with E-state index in [9.17, 15) is 9.90 Å². The molecule has 0 atom stereocenters. The van der Waals surface area contributed by atoms with Crippen molar-refractivity contribution < 1.29 is 9.90 Å². The predicted octanol–water partition coefficient (Wildman–Crippen LogP) is 4.39. The quantitative estimate of drug-likeness (QED) is 0.811. The highest BCUT2D eigenvalue weighted by atomic mass is 16.3. The summed E-state index contributed by atoms with van der Waals surface area (Å²) >= 11 is 0. The number of imidazole rings is 1. The average molecular weight is 344 g/mol.